The van der Waals surface area contributed by atoms with E-state index >= 15 is 0 Å². The number of nitro groups is 1. The number of rotatable bonds is 6. The van der Waals surface area contributed by atoms with Gasteiger partial charge in [0.15, 0.2) is 0 Å². The van der Waals surface area contributed by atoms with Crippen molar-refractivity contribution < 1.29 is 4.92 Å². The first-order valence-electron chi connectivity index (χ1n) is 6.99. The van der Waals surface area contributed by atoms with E-state index in [4.69, 9.17) is 11.6 Å². The quantitative estimate of drug-likeness (QED) is 0.648. The fraction of sp³-hybridized carbons (Fsp3) is 0.571. The van der Waals surface area contributed by atoms with Gasteiger partial charge in [0, 0.05) is 25.2 Å². The number of nitro benzene ring substituents is 1. The van der Waals surface area contributed by atoms with Crippen molar-refractivity contribution in [2.75, 3.05) is 19.6 Å². The highest BCUT2D eigenvalue weighted by molar-refractivity contribution is 6.32. The Balaban J connectivity index is 1.88. The van der Waals surface area contributed by atoms with Crippen LogP contribution >= 0.6 is 11.6 Å². The van der Waals surface area contributed by atoms with E-state index in [9.17, 15) is 10.1 Å². The van der Waals surface area contributed by atoms with Crippen LogP contribution in [0.4, 0.5) is 5.69 Å². The van der Waals surface area contributed by atoms with Gasteiger partial charge in [-0.15, -0.1) is 0 Å². The van der Waals surface area contributed by atoms with Gasteiger partial charge in [-0.1, -0.05) is 24.6 Å². The Labute approximate surface area is 124 Å². The smallest absolute Gasteiger partial charge is 0.288 e. The van der Waals surface area contributed by atoms with Crippen LogP contribution in [-0.4, -0.2) is 35.5 Å². The molecule has 0 radical (unpaired) electrons. The van der Waals surface area contributed by atoms with Gasteiger partial charge in [-0.25, -0.2) is 0 Å². The van der Waals surface area contributed by atoms with Crippen LogP contribution < -0.4 is 5.32 Å². The molecule has 0 saturated carbocycles. The predicted octanol–water partition coefficient (Wildman–Crippen LogP) is 2.82. The molecule has 1 N–H and O–H groups in total. The summed E-state index contributed by atoms with van der Waals surface area (Å²) >= 11 is 5.80. The van der Waals surface area contributed by atoms with Crippen LogP contribution in [0.5, 0.6) is 0 Å². The van der Waals surface area contributed by atoms with Crippen LogP contribution in [0.2, 0.25) is 5.02 Å². The molecule has 1 aliphatic rings. The summed E-state index contributed by atoms with van der Waals surface area (Å²) in [5.41, 5.74) is 0.865. The molecule has 1 atom stereocenters. The molecular weight excluding hydrogens is 278 g/mol. The molecule has 0 aromatic heterocycles. The second-order valence-corrected chi connectivity index (χ2v) is 5.51. The number of likely N-dealkylation sites (tertiary alicyclic amines) is 1. The lowest BCUT2D eigenvalue weighted by Gasteiger charge is -2.23. The average molecular weight is 298 g/mol. The molecule has 1 aromatic rings. The van der Waals surface area contributed by atoms with Crippen molar-refractivity contribution in [3.8, 4) is 0 Å². The summed E-state index contributed by atoms with van der Waals surface area (Å²) in [6.07, 6.45) is 2.48. The average Bonchev–Trinajstić information content (AvgIpc) is 2.88. The topological polar surface area (TPSA) is 58.4 Å². The Morgan fingerprint density at radius 1 is 1.55 bits per heavy atom. The number of nitrogens with one attached hydrogen (secondary N) is 1. The Morgan fingerprint density at radius 3 is 3.05 bits per heavy atom. The van der Waals surface area contributed by atoms with Crippen molar-refractivity contribution >= 4 is 17.3 Å². The zero-order valence-corrected chi connectivity index (χ0v) is 12.4. The Bertz CT molecular complexity index is 481. The van der Waals surface area contributed by atoms with Crippen molar-refractivity contribution in [2.45, 2.75) is 32.4 Å². The molecule has 1 saturated heterocycles. The minimum absolute atomic E-state index is 0.0259. The Kier molecular flexibility index (Phi) is 5.34. The highest BCUT2D eigenvalue weighted by Gasteiger charge is 2.22. The molecule has 0 unspecified atom stereocenters. The minimum Gasteiger partial charge on any atom is -0.311 e. The summed E-state index contributed by atoms with van der Waals surface area (Å²) in [4.78, 5) is 12.9. The standard InChI is InChI=1S/C14H20ClN3O2/c1-2-17-7-3-4-12(17)10-16-9-11-5-6-13(15)14(8-11)18(19)20/h5-6,8,12,16H,2-4,7,9-10H2,1H3/t12-/m1/s1. The van der Waals surface area contributed by atoms with Gasteiger partial charge >= 0.3 is 0 Å². The van der Waals surface area contributed by atoms with Crippen molar-refractivity contribution in [3.63, 3.8) is 0 Å². The molecule has 110 valence electrons. The summed E-state index contributed by atoms with van der Waals surface area (Å²) in [6, 6.07) is 5.54. The van der Waals surface area contributed by atoms with Gasteiger partial charge < -0.3 is 5.32 Å². The van der Waals surface area contributed by atoms with Crippen molar-refractivity contribution in [3.05, 3.63) is 38.9 Å². The molecule has 1 fully saturated rings. The summed E-state index contributed by atoms with van der Waals surface area (Å²) in [5, 5.41) is 14.4. The molecule has 1 aromatic carbocycles. The van der Waals surface area contributed by atoms with E-state index in [1.54, 1.807) is 12.1 Å². The number of likely N-dealkylation sites (N-methyl/N-ethyl adjacent to an activating group) is 1. The maximum absolute atomic E-state index is 10.8. The minimum atomic E-state index is -0.443. The van der Waals surface area contributed by atoms with Crippen LogP contribution in [0.25, 0.3) is 0 Å². The van der Waals surface area contributed by atoms with Gasteiger partial charge in [0.25, 0.3) is 5.69 Å². The summed E-state index contributed by atoms with van der Waals surface area (Å²) in [5.74, 6) is 0. The third-order valence-electron chi connectivity index (χ3n) is 3.82. The van der Waals surface area contributed by atoms with Crippen LogP contribution in [0.15, 0.2) is 18.2 Å². The molecule has 20 heavy (non-hydrogen) atoms. The molecule has 5 nitrogen and oxygen atoms in total. The second kappa shape index (κ2) is 7.02. The molecule has 0 amide bonds. The van der Waals surface area contributed by atoms with Gasteiger partial charge in [-0.3, -0.25) is 15.0 Å². The lowest BCUT2D eigenvalue weighted by Crippen LogP contribution is -2.37. The lowest BCUT2D eigenvalue weighted by molar-refractivity contribution is -0.384. The largest absolute Gasteiger partial charge is 0.311 e. The summed E-state index contributed by atoms with van der Waals surface area (Å²) in [7, 11) is 0. The maximum atomic E-state index is 10.8. The van der Waals surface area contributed by atoms with Crippen LogP contribution in [0.1, 0.15) is 25.3 Å². The van der Waals surface area contributed by atoms with Crippen LogP contribution in [-0.2, 0) is 6.54 Å². The van der Waals surface area contributed by atoms with Crippen molar-refractivity contribution in [1.29, 1.82) is 0 Å². The van der Waals surface area contributed by atoms with Crippen molar-refractivity contribution in [1.82, 2.24) is 10.2 Å². The first-order chi connectivity index (χ1) is 9.61. The zero-order chi connectivity index (χ0) is 14.5. The molecule has 0 aliphatic carbocycles. The highest BCUT2D eigenvalue weighted by atomic mass is 35.5. The van der Waals surface area contributed by atoms with Gasteiger partial charge in [0.05, 0.1) is 4.92 Å². The van der Waals surface area contributed by atoms with Gasteiger partial charge in [-0.2, -0.15) is 0 Å². The SMILES string of the molecule is CCN1CCC[C@@H]1CNCc1ccc(Cl)c([N+](=O)[O-])c1. The number of halogens is 1. The maximum Gasteiger partial charge on any atom is 0.288 e. The molecule has 2 rings (SSSR count). The Hall–Kier alpha value is -1.17. The van der Waals surface area contributed by atoms with E-state index in [-0.39, 0.29) is 10.7 Å². The summed E-state index contributed by atoms with van der Waals surface area (Å²) < 4.78 is 0. The third-order valence-corrected chi connectivity index (χ3v) is 4.14. The van der Waals surface area contributed by atoms with E-state index in [1.165, 1.54) is 19.4 Å². The number of benzene rings is 1. The zero-order valence-electron chi connectivity index (χ0n) is 11.6. The monoisotopic (exact) mass is 297 g/mol. The summed E-state index contributed by atoms with van der Waals surface area (Å²) in [6.45, 7) is 5.99. The van der Waals surface area contributed by atoms with Crippen molar-refractivity contribution in [2.24, 2.45) is 0 Å². The number of nitrogens with zero attached hydrogens (tertiary/aromatic N) is 2. The van der Waals surface area contributed by atoms with Gasteiger partial charge in [0.2, 0.25) is 0 Å². The molecule has 0 spiro atoms. The fourth-order valence-corrected chi connectivity index (χ4v) is 2.92. The first-order valence-corrected chi connectivity index (χ1v) is 7.37. The fourth-order valence-electron chi connectivity index (χ4n) is 2.73. The molecular formula is C14H20ClN3O2. The molecule has 6 heteroatoms. The predicted molar refractivity (Wildman–Crippen MR) is 80.1 cm³/mol. The normalized spacial score (nSPS) is 19.4. The van der Waals surface area contributed by atoms with Crippen LogP contribution in [0, 0.1) is 10.1 Å². The van der Waals surface area contributed by atoms with E-state index in [0.29, 0.717) is 12.6 Å². The number of hydrogen-bond acceptors (Lipinski definition) is 4. The van der Waals surface area contributed by atoms with E-state index < -0.39 is 4.92 Å². The van der Waals surface area contributed by atoms with E-state index in [1.807, 2.05) is 6.07 Å². The molecule has 0 bridgehead atoms. The molecule has 1 heterocycles. The molecule has 1 aliphatic heterocycles. The first kappa shape index (κ1) is 15.2. The highest BCUT2D eigenvalue weighted by Crippen LogP contribution is 2.25. The third kappa shape index (κ3) is 3.69. The number of hydrogen-bond donors (Lipinski definition) is 1. The Morgan fingerprint density at radius 2 is 2.35 bits per heavy atom. The van der Waals surface area contributed by atoms with Gasteiger partial charge in [0.1, 0.15) is 5.02 Å². The lowest BCUT2D eigenvalue weighted by atomic mass is 10.2. The van der Waals surface area contributed by atoms with Crippen LogP contribution in [0.3, 0.4) is 0 Å². The van der Waals surface area contributed by atoms with Gasteiger partial charge in [-0.05, 0) is 37.6 Å². The van der Waals surface area contributed by atoms with E-state index in [2.05, 4.69) is 17.1 Å². The second-order valence-electron chi connectivity index (χ2n) is 5.10. The van der Waals surface area contributed by atoms with E-state index in [0.717, 1.165) is 18.7 Å².